The van der Waals surface area contributed by atoms with Gasteiger partial charge in [-0.15, -0.1) is 0 Å². The molecule has 2 aromatic rings. The van der Waals surface area contributed by atoms with Crippen LogP contribution in [0.25, 0.3) is 0 Å². The molecule has 0 atom stereocenters. The lowest BCUT2D eigenvalue weighted by Gasteiger charge is -2.10. The summed E-state index contributed by atoms with van der Waals surface area (Å²) in [6.07, 6.45) is 0. The lowest BCUT2D eigenvalue weighted by Crippen LogP contribution is -2.02. The summed E-state index contributed by atoms with van der Waals surface area (Å²) in [4.78, 5) is 0. The Bertz CT molecular complexity index is 526. The van der Waals surface area contributed by atoms with Gasteiger partial charge < -0.3 is 16.2 Å². The molecule has 2 aromatic carbocycles. The number of nitrogen functional groups attached to an aromatic ring is 1. The van der Waals surface area contributed by atoms with Gasteiger partial charge in [0.15, 0.2) is 0 Å². The molecule has 0 unspecified atom stereocenters. The first-order valence-corrected chi connectivity index (χ1v) is 6.74. The number of benzene rings is 2. The third-order valence-electron chi connectivity index (χ3n) is 2.70. The van der Waals surface area contributed by atoms with Gasteiger partial charge in [-0.2, -0.15) is 0 Å². The summed E-state index contributed by atoms with van der Waals surface area (Å²) in [7, 11) is 0. The van der Waals surface area contributed by atoms with Crippen LogP contribution in [0.3, 0.4) is 0 Å². The van der Waals surface area contributed by atoms with E-state index in [1.54, 1.807) is 0 Å². The first-order valence-electron chi connectivity index (χ1n) is 5.66. The van der Waals surface area contributed by atoms with Gasteiger partial charge in [0.2, 0.25) is 0 Å². The van der Waals surface area contributed by atoms with Crippen molar-refractivity contribution in [2.75, 3.05) is 11.1 Å². The van der Waals surface area contributed by atoms with Crippen LogP contribution in [-0.2, 0) is 13.2 Å². The molecule has 0 spiro atoms. The van der Waals surface area contributed by atoms with E-state index in [9.17, 15) is 0 Å². The predicted molar refractivity (Wildman–Crippen MR) is 83.3 cm³/mol. The highest BCUT2D eigenvalue weighted by Crippen LogP contribution is 2.21. The van der Waals surface area contributed by atoms with Gasteiger partial charge in [0, 0.05) is 10.1 Å². The van der Waals surface area contributed by atoms with E-state index in [1.807, 2.05) is 42.5 Å². The summed E-state index contributed by atoms with van der Waals surface area (Å²) < 4.78 is 1.13. The van der Waals surface area contributed by atoms with Gasteiger partial charge in [-0.3, -0.25) is 0 Å². The quantitative estimate of drug-likeness (QED) is 0.585. The van der Waals surface area contributed by atoms with Crippen LogP contribution in [0.15, 0.2) is 42.5 Å². The summed E-state index contributed by atoms with van der Waals surface area (Å²) in [6, 6.07) is 13.8. The maximum atomic E-state index is 8.97. The van der Waals surface area contributed by atoms with Gasteiger partial charge in [-0.05, 0) is 51.9 Å². The lowest BCUT2D eigenvalue weighted by molar-refractivity contribution is 0.282. The van der Waals surface area contributed by atoms with E-state index in [-0.39, 0.29) is 6.61 Å². The second kappa shape index (κ2) is 6.06. The van der Waals surface area contributed by atoms with Gasteiger partial charge in [0.1, 0.15) is 0 Å². The zero-order chi connectivity index (χ0) is 13.0. The van der Waals surface area contributed by atoms with Crippen LogP contribution in [0.5, 0.6) is 0 Å². The van der Waals surface area contributed by atoms with Crippen molar-refractivity contribution in [3.8, 4) is 0 Å². The number of nitrogens with two attached hydrogens (primary N) is 1. The summed E-state index contributed by atoms with van der Waals surface area (Å²) >= 11 is 2.24. The molecule has 0 heterocycles. The van der Waals surface area contributed by atoms with Crippen LogP contribution in [0.1, 0.15) is 11.1 Å². The monoisotopic (exact) mass is 354 g/mol. The van der Waals surface area contributed by atoms with Crippen molar-refractivity contribution in [3.63, 3.8) is 0 Å². The number of halogens is 1. The van der Waals surface area contributed by atoms with Crippen LogP contribution in [0.2, 0.25) is 0 Å². The van der Waals surface area contributed by atoms with Gasteiger partial charge >= 0.3 is 0 Å². The number of hydrogen-bond donors (Lipinski definition) is 3. The van der Waals surface area contributed by atoms with Gasteiger partial charge in [0.05, 0.1) is 18.0 Å². The fraction of sp³-hybridized carbons (Fsp3) is 0.143. The molecule has 0 saturated carbocycles. The molecule has 2 rings (SSSR count). The normalized spacial score (nSPS) is 10.3. The topological polar surface area (TPSA) is 58.3 Å². The highest BCUT2D eigenvalue weighted by Gasteiger charge is 2.00. The van der Waals surface area contributed by atoms with E-state index in [0.717, 1.165) is 32.6 Å². The third kappa shape index (κ3) is 3.36. The Labute approximate surface area is 120 Å². The molecule has 0 aliphatic carbocycles. The number of anilines is 2. The molecule has 0 aliphatic heterocycles. The number of aliphatic hydroxyl groups is 1. The maximum Gasteiger partial charge on any atom is 0.0681 e. The highest BCUT2D eigenvalue weighted by atomic mass is 127. The predicted octanol–water partition coefficient (Wildman–Crippen LogP) is 2.98. The second-order valence-electron chi connectivity index (χ2n) is 4.06. The fourth-order valence-electron chi connectivity index (χ4n) is 1.65. The molecule has 18 heavy (non-hydrogen) atoms. The number of nitrogens with one attached hydrogen (secondary N) is 1. The third-order valence-corrected chi connectivity index (χ3v) is 3.37. The zero-order valence-electron chi connectivity index (χ0n) is 9.86. The van der Waals surface area contributed by atoms with Crippen molar-refractivity contribution in [1.29, 1.82) is 0 Å². The Balaban J connectivity index is 2.02. The molecule has 0 aliphatic rings. The smallest absolute Gasteiger partial charge is 0.0681 e. The molecule has 94 valence electrons. The van der Waals surface area contributed by atoms with Gasteiger partial charge in [-0.25, -0.2) is 0 Å². The van der Waals surface area contributed by atoms with E-state index in [1.165, 1.54) is 0 Å². The van der Waals surface area contributed by atoms with Crippen molar-refractivity contribution in [1.82, 2.24) is 0 Å². The Hall–Kier alpha value is -1.27. The minimum atomic E-state index is 0.0811. The van der Waals surface area contributed by atoms with Gasteiger partial charge in [-0.1, -0.05) is 24.3 Å². The van der Waals surface area contributed by atoms with E-state index in [4.69, 9.17) is 10.8 Å². The molecule has 3 nitrogen and oxygen atoms in total. The first kappa shape index (κ1) is 13.2. The standard InChI is InChI=1S/C14H15IN2O/c15-12-5-6-14(13(16)7-12)17-8-10-1-3-11(9-18)4-2-10/h1-7,17-18H,8-9,16H2. The molecule has 0 aromatic heterocycles. The molecule has 0 fully saturated rings. The minimum Gasteiger partial charge on any atom is -0.397 e. The van der Waals surface area contributed by atoms with Crippen LogP contribution < -0.4 is 11.1 Å². The summed E-state index contributed by atoms with van der Waals surface area (Å²) in [5.41, 5.74) is 9.72. The Morgan fingerprint density at radius 2 is 1.72 bits per heavy atom. The molecule has 0 bridgehead atoms. The molecule has 4 N–H and O–H groups in total. The van der Waals surface area contributed by atoms with Crippen molar-refractivity contribution in [2.45, 2.75) is 13.2 Å². The average Bonchev–Trinajstić information content (AvgIpc) is 2.38. The van der Waals surface area contributed by atoms with Crippen molar-refractivity contribution >= 4 is 34.0 Å². The SMILES string of the molecule is Nc1cc(I)ccc1NCc1ccc(CO)cc1. The fourth-order valence-corrected chi connectivity index (χ4v) is 2.17. The minimum absolute atomic E-state index is 0.0811. The first-order chi connectivity index (χ1) is 8.69. The van der Waals surface area contributed by atoms with E-state index in [2.05, 4.69) is 27.9 Å². The van der Waals surface area contributed by atoms with E-state index < -0.39 is 0 Å². The molecule has 4 heteroatoms. The molecular weight excluding hydrogens is 339 g/mol. The maximum absolute atomic E-state index is 8.97. The van der Waals surface area contributed by atoms with Crippen molar-refractivity contribution in [3.05, 3.63) is 57.2 Å². The highest BCUT2D eigenvalue weighted by molar-refractivity contribution is 14.1. The molecule has 0 saturated heterocycles. The second-order valence-corrected chi connectivity index (χ2v) is 5.31. The largest absolute Gasteiger partial charge is 0.397 e. The molecule has 0 radical (unpaired) electrons. The van der Waals surface area contributed by atoms with Crippen molar-refractivity contribution in [2.24, 2.45) is 0 Å². The van der Waals surface area contributed by atoms with Gasteiger partial charge in [0.25, 0.3) is 0 Å². The van der Waals surface area contributed by atoms with Crippen LogP contribution in [0, 0.1) is 3.57 Å². The summed E-state index contributed by atoms with van der Waals surface area (Å²) in [5.74, 6) is 0. The van der Waals surface area contributed by atoms with Crippen molar-refractivity contribution < 1.29 is 5.11 Å². The molecular formula is C14H15IN2O. The number of rotatable bonds is 4. The number of hydrogen-bond acceptors (Lipinski definition) is 3. The zero-order valence-corrected chi connectivity index (χ0v) is 12.0. The summed E-state index contributed by atoms with van der Waals surface area (Å²) in [6.45, 7) is 0.800. The lowest BCUT2D eigenvalue weighted by atomic mass is 10.1. The summed E-state index contributed by atoms with van der Waals surface area (Å²) in [5, 5.41) is 12.3. The van der Waals surface area contributed by atoms with Crippen LogP contribution in [0.4, 0.5) is 11.4 Å². The van der Waals surface area contributed by atoms with E-state index >= 15 is 0 Å². The Kier molecular flexibility index (Phi) is 4.43. The number of aliphatic hydroxyl groups excluding tert-OH is 1. The van der Waals surface area contributed by atoms with Crippen LogP contribution in [-0.4, -0.2) is 5.11 Å². The Morgan fingerprint density at radius 1 is 1.06 bits per heavy atom. The molecule has 0 amide bonds. The van der Waals surface area contributed by atoms with Crippen LogP contribution >= 0.6 is 22.6 Å². The van der Waals surface area contributed by atoms with E-state index in [0.29, 0.717) is 0 Å². The average molecular weight is 354 g/mol. The Morgan fingerprint density at radius 3 is 2.33 bits per heavy atom.